The van der Waals surface area contributed by atoms with Crippen molar-refractivity contribution >= 4 is 17.9 Å². The van der Waals surface area contributed by atoms with Crippen molar-refractivity contribution in [3.8, 4) is 11.5 Å². The molecule has 57 heavy (non-hydrogen) atoms. The molecule has 1 aliphatic heterocycles. The van der Waals surface area contributed by atoms with Crippen LogP contribution in [0.1, 0.15) is 68.9 Å². The lowest BCUT2D eigenvalue weighted by Crippen LogP contribution is -2.70. The van der Waals surface area contributed by atoms with Gasteiger partial charge in [-0.3, -0.25) is 4.90 Å². The van der Waals surface area contributed by atoms with E-state index in [1.54, 1.807) is 23.1 Å². The monoisotopic (exact) mass is 793 g/mol. The van der Waals surface area contributed by atoms with Crippen LogP contribution in [0.4, 0.5) is 9.59 Å². The van der Waals surface area contributed by atoms with Gasteiger partial charge < -0.3 is 49.2 Å². The third-order valence-electron chi connectivity index (χ3n) is 10.9. The summed E-state index contributed by atoms with van der Waals surface area (Å²) in [6.07, 6.45) is 7.19. The summed E-state index contributed by atoms with van der Waals surface area (Å²) in [6.45, 7) is 6.77. The highest BCUT2D eigenvalue weighted by atomic mass is 16.7. The van der Waals surface area contributed by atoms with E-state index in [-0.39, 0.29) is 70.4 Å². The average molecular weight is 794 g/mol. The van der Waals surface area contributed by atoms with Gasteiger partial charge >= 0.3 is 12.2 Å². The molecule has 1 heterocycles. The van der Waals surface area contributed by atoms with Crippen LogP contribution in [-0.4, -0.2) is 110 Å². The molecule has 14 heteroatoms. The van der Waals surface area contributed by atoms with E-state index in [4.69, 9.17) is 28.5 Å². The largest absolute Gasteiger partial charge is 0.459 e. The second kappa shape index (κ2) is 21.9. The molecule has 312 valence electrons. The first-order valence-electron chi connectivity index (χ1n) is 20.1. The summed E-state index contributed by atoms with van der Waals surface area (Å²) >= 11 is 0. The minimum Gasteiger partial charge on any atom is -0.459 e. The van der Waals surface area contributed by atoms with E-state index in [0.29, 0.717) is 43.2 Å². The maximum Gasteiger partial charge on any atom is 0.412 e. The van der Waals surface area contributed by atoms with E-state index >= 15 is 0 Å². The van der Waals surface area contributed by atoms with Gasteiger partial charge in [0.15, 0.2) is 0 Å². The Bertz CT molecular complexity index is 1670. The number of hydrogen-bond donors (Lipinski definition) is 4. The second-order valence-electron chi connectivity index (χ2n) is 14.4. The Kier molecular flexibility index (Phi) is 16.8. The second-order valence-corrected chi connectivity index (χ2v) is 14.4. The molecule has 5 rings (SSSR count). The van der Waals surface area contributed by atoms with Gasteiger partial charge in [-0.2, -0.15) is 0 Å². The number of rotatable bonds is 22. The zero-order valence-corrected chi connectivity index (χ0v) is 33.2. The maximum absolute atomic E-state index is 13.8. The summed E-state index contributed by atoms with van der Waals surface area (Å²) in [5.74, 6) is -1.51. The van der Waals surface area contributed by atoms with E-state index < -0.39 is 29.9 Å². The molecule has 6 atom stereocenters. The number of allylic oxidation sites excluding steroid dienone is 1. The van der Waals surface area contributed by atoms with Gasteiger partial charge in [0.25, 0.3) is 0 Å². The standard InChI is InChI=1S/C43H59N3O11/c1-4-23-54-43-38(46(42(51)52-3)19-24-53-25-22-49)28-36(45-55-5-2)34-26-31(15-9-11-20-47)33(16-10-12-21-48)39(40(34)43)35-27-32(17-18-37(35)57-43)56-41(50)44-29-30-13-7-6-8-14-30/h4,6-8,13-14,17-18,26-27,31,33,38-40,47-49H,1,5,9-12,15-16,19-25,28-29H2,2-3H3,(H,44,50)/t31-,33+,38-,39+,40+,43+/m0/s1. The van der Waals surface area contributed by atoms with E-state index in [0.717, 1.165) is 42.4 Å². The Morgan fingerprint density at radius 1 is 1.04 bits per heavy atom. The Hall–Kier alpha value is -4.47. The minimum absolute atomic E-state index is 0.0212. The van der Waals surface area contributed by atoms with Crippen LogP contribution < -0.4 is 14.8 Å². The Morgan fingerprint density at radius 3 is 2.51 bits per heavy atom. The van der Waals surface area contributed by atoms with Crippen LogP contribution in [0.2, 0.25) is 0 Å². The third kappa shape index (κ3) is 10.5. The molecule has 0 unspecified atom stereocenters. The highest BCUT2D eigenvalue weighted by Gasteiger charge is 2.65. The van der Waals surface area contributed by atoms with E-state index in [2.05, 4.69) is 23.1 Å². The van der Waals surface area contributed by atoms with Crippen LogP contribution in [0.15, 0.2) is 78.0 Å². The van der Waals surface area contributed by atoms with Crippen molar-refractivity contribution in [2.75, 3.05) is 59.9 Å². The van der Waals surface area contributed by atoms with Gasteiger partial charge in [-0.25, -0.2) is 9.59 Å². The normalized spacial score (nSPS) is 24.0. The number of carbonyl (C=O) groups is 2. The fourth-order valence-corrected chi connectivity index (χ4v) is 8.59. The molecule has 0 spiro atoms. The number of carbonyl (C=O) groups excluding carboxylic acids is 2. The molecule has 0 aromatic heterocycles. The number of nitrogens with zero attached hydrogens (tertiary/aromatic N) is 2. The van der Waals surface area contributed by atoms with E-state index in [1.165, 1.54) is 7.11 Å². The fourth-order valence-electron chi connectivity index (χ4n) is 8.59. The summed E-state index contributed by atoms with van der Waals surface area (Å²) < 4.78 is 30.9. The lowest BCUT2D eigenvalue weighted by molar-refractivity contribution is -0.255. The van der Waals surface area contributed by atoms with Crippen LogP contribution in [0, 0.1) is 17.8 Å². The molecule has 0 radical (unpaired) electrons. The highest BCUT2D eigenvalue weighted by molar-refractivity contribution is 6.03. The average Bonchev–Trinajstić information content (AvgIpc) is 3.23. The van der Waals surface area contributed by atoms with E-state index in [9.17, 15) is 24.9 Å². The minimum atomic E-state index is -1.49. The quantitative estimate of drug-likeness (QED) is 0.0653. The van der Waals surface area contributed by atoms with Crippen molar-refractivity contribution in [2.24, 2.45) is 22.9 Å². The van der Waals surface area contributed by atoms with Gasteiger partial charge in [-0.1, -0.05) is 60.5 Å². The molecule has 2 amide bonds. The molecule has 2 aromatic carbocycles. The summed E-state index contributed by atoms with van der Waals surface area (Å²) in [7, 11) is 1.32. The van der Waals surface area contributed by atoms with Gasteiger partial charge in [0, 0.05) is 44.2 Å². The molecule has 1 saturated carbocycles. The SMILES string of the molecule is C=CCO[C@@]12Oc3ccc(OC(=O)NCc4ccccc4)cc3[C@H]3[C@H](CCCCO)[C@@H](CCCCO)C=C(C(=NOCC)C[C@@H]1N(CCOCCO)C(=O)OC)[C@H]32. The number of benzene rings is 2. The summed E-state index contributed by atoms with van der Waals surface area (Å²) in [5, 5.41) is 36.5. The topological polar surface area (TPSA) is 178 Å². The van der Waals surface area contributed by atoms with Crippen molar-refractivity contribution < 1.29 is 53.4 Å². The Balaban J connectivity index is 1.69. The van der Waals surface area contributed by atoms with Crippen molar-refractivity contribution in [1.29, 1.82) is 0 Å². The van der Waals surface area contributed by atoms with Crippen LogP contribution in [0.25, 0.3) is 0 Å². The van der Waals surface area contributed by atoms with Crippen molar-refractivity contribution in [3.05, 3.63) is 84.0 Å². The Labute approximate surface area is 335 Å². The summed E-state index contributed by atoms with van der Waals surface area (Å²) in [5.41, 5.74) is 3.26. The number of amides is 2. The van der Waals surface area contributed by atoms with Crippen molar-refractivity contribution in [2.45, 2.75) is 76.2 Å². The number of ether oxygens (including phenoxy) is 5. The van der Waals surface area contributed by atoms with Gasteiger partial charge in [-0.15, -0.1) is 6.58 Å². The number of methoxy groups -OCH3 is 1. The number of aliphatic hydroxyl groups is 3. The first kappa shape index (κ1) is 43.6. The number of hydrogen-bond acceptors (Lipinski definition) is 12. The predicted molar refractivity (Wildman–Crippen MR) is 213 cm³/mol. The van der Waals surface area contributed by atoms with Gasteiger partial charge in [0.1, 0.15) is 24.1 Å². The molecular formula is C43H59N3O11. The number of oxime groups is 1. The predicted octanol–water partition coefficient (Wildman–Crippen LogP) is 5.71. The molecule has 14 nitrogen and oxygen atoms in total. The maximum atomic E-state index is 13.8. The van der Waals surface area contributed by atoms with Crippen LogP contribution >= 0.6 is 0 Å². The number of aliphatic hydroxyl groups excluding tert-OH is 3. The summed E-state index contributed by atoms with van der Waals surface area (Å²) in [4.78, 5) is 34.2. The zero-order valence-electron chi connectivity index (χ0n) is 33.2. The zero-order chi connectivity index (χ0) is 40.6. The van der Waals surface area contributed by atoms with Crippen molar-refractivity contribution in [3.63, 3.8) is 0 Å². The molecule has 0 saturated heterocycles. The number of nitrogens with one attached hydrogen (secondary N) is 1. The lowest BCUT2D eigenvalue weighted by atomic mass is 9.55. The first-order valence-corrected chi connectivity index (χ1v) is 20.1. The summed E-state index contributed by atoms with van der Waals surface area (Å²) in [6, 6.07) is 14.1. The molecule has 4 N–H and O–H groups in total. The molecular weight excluding hydrogens is 734 g/mol. The molecule has 3 aliphatic rings. The molecule has 2 aliphatic carbocycles. The van der Waals surface area contributed by atoms with Crippen LogP contribution in [-0.2, 0) is 25.6 Å². The molecule has 2 aromatic rings. The van der Waals surface area contributed by atoms with Crippen molar-refractivity contribution in [1.82, 2.24) is 10.2 Å². The number of fused-ring (bicyclic) bond motifs is 2. The third-order valence-corrected chi connectivity index (χ3v) is 10.9. The fraction of sp³-hybridized carbons (Fsp3) is 0.558. The highest BCUT2D eigenvalue weighted by Crippen LogP contribution is 2.62. The van der Waals surface area contributed by atoms with Gasteiger partial charge in [0.05, 0.1) is 45.2 Å². The Morgan fingerprint density at radius 2 is 1.81 bits per heavy atom. The smallest absolute Gasteiger partial charge is 0.412 e. The molecule has 0 bridgehead atoms. The van der Waals surface area contributed by atoms with Crippen LogP contribution in [0.3, 0.4) is 0 Å². The van der Waals surface area contributed by atoms with Gasteiger partial charge in [0.2, 0.25) is 5.79 Å². The number of unbranched alkanes of at least 4 members (excludes halogenated alkanes) is 2. The van der Waals surface area contributed by atoms with Gasteiger partial charge in [-0.05, 0) is 73.8 Å². The van der Waals surface area contributed by atoms with E-state index in [1.807, 2.05) is 43.3 Å². The van der Waals surface area contributed by atoms with Crippen LogP contribution in [0.5, 0.6) is 11.5 Å². The molecule has 1 fully saturated rings. The lowest BCUT2D eigenvalue weighted by Gasteiger charge is -2.59. The first-order chi connectivity index (χ1) is 27.8.